The first-order chi connectivity index (χ1) is 6.50. The van der Waals surface area contributed by atoms with Gasteiger partial charge in [0.05, 0.1) is 11.4 Å². The summed E-state index contributed by atoms with van der Waals surface area (Å²) >= 11 is -1.35. The van der Waals surface area contributed by atoms with Crippen LogP contribution in [0.2, 0.25) is 0 Å². The zero-order valence-electron chi connectivity index (χ0n) is 8.49. The van der Waals surface area contributed by atoms with E-state index < -0.39 is 11.4 Å². The third-order valence-electron chi connectivity index (χ3n) is 3.03. The minimum Gasteiger partial charge on any atom is -0.593 e. The minimum atomic E-state index is -1.35. The SMILES string of the molecule is CC1(C)CC1c1ccc([S+](N)[O-])cc1. The Morgan fingerprint density at radius 3 is 2.21 bits per heavy atom. The Morgan fingerprint density at radius 1 is 1.36 bits per heavy atom. The largest absolute Gasteiger partial charge is 0.593 e. The fourth-order valence-corrected chi connectivity index (χ4v) is 2.27. The summed E-state index contributed by atoms with van der Waals surface area (Å²) in [6, 6.07) is 7.80. The Balaban J connectivity index is 2.16. The maximum Gasteiger partial charge on any atom is 0.173 e. The molecule has 2 rings (SSSR count). The lowest BCUT2D eigenvalue weighted by molar-refractivity contribution is 0.596. The van der Waals surface area contributed by atoms with Gasteiger partial charge >= 0.3 is 0 Å². The zero-order chi connectivity index (χ0) is 10.3. The van der Waals surface area contributed by atoms with E-state index in [0.717, 1.165) is 0 Å². The second-order valence-corrected chi connectivity index (χ2v) is 5.68. The molecule has 1 aliphatic rings. The van der Waals surface area contributed by atoms with Gasteiger partial charge in [-0.2, -0.15) is 0 Å². The Bertz CT molecular complexity index is 332. The van der Waals surface area contributed by atoms with Gasteiger partial charge in [-0.1, -0.05) is 26.0 Å². The molecule has 0 bridgehead atoms. The van der Waals surface area contributed by atoms with E-state index in [1.54, 1.807) is 0 Å². The summed E-state index contributed by atoms with van der Waals surface area (Å²) in [7, 11) is 0. The van der Waals surface area contributed by atoms with Gasteiger partial charge in [0.1, 0.15) is 0 Å². The van der Waals surface area contributed by atoms with Crippen LogP contribution >= 0.6 is 0 Å². The van der Waals surface area contributed by atoms with Gasteiger partial charge in [-0.3, -0.25) is 0 Å². The van der Waals surface area contributed by atoms with Gasteiger partial charge in [0.15, 0.2) is 4.90 Å². The summed E-state index contributed by atoms with van der Waals surface area (Å²) < 4.78 is 11.0. The molecule has 0 amide bonds. The fraction of sp³-hybridized carbons (Fsp3) is 0.455. The van der Waals surface area contributed by atoms with Crippen molar-refractivity contribution in [2.75, 3.05) is 0 Å². The molecule has 2 atom stereocenters. The molecule has 76 valence electrons. The molecule has 2 N–H and O–H groups in total. The normalized spacial score (nSPS) is 25.9. The van der Waals surface area contributed by atoms with Crippen molar-refractivity contribution in [2.45, 2.75) is 31.1 Å². The van der Waals surface area contributed by atoms with Crippen LogP contribution in [0.5, 0.6) is 0 Å². The molecule has 3 heteroatoms. The summed E-state index contributed by atoms with van der Waals surface area (Å²) in [6.45, 7) is 4.54. The van der Waals surface area contributed by atoms with Crippen LogP contribution in [-0.4, -0.2) is 4.55 Å². The molecular formula is C11H15NOS. The monoisotopic (exact) mass is 209 g/mol. The van der Waals surface area contributed by atoms with Crippen molar-refractivity contribution >= 4 is 11.4 Å². The number of nitrogens with two attached hydrogens (primary N) is 1. The van der Waals surface area contributed by atoms with Gasteiger partial charge in [0.25, 0.3) is 0 Å². The molecule has 0 aliphatic heterocycles. The Kier molecular flexibility index (Phi) is 2.33. The molecule has 1 aromatic rings. The Hall–Kier alpha value is -0.510. The van der Waals surface area contributed by atoms with E-state index in [4.69, 9.17) is 5.14 Å². The van der Waals surface area contributed by atoms with E-state index in [1.165, 1.54) is 12.0 Å². The summed E-state index contributed by atoms with van der Waals surface area (Å²) in [5.74, 6) is 0.669. The molecule has 2 nitrogen and oxygen atoms in total. The quantitative estimate of drug-likeness (QED) is 0.759. The second-order valence-electron chi connectivity index (χ2n) is 4.61. The maximum atomic E-state index is 11.0. The van der Waals surface area contributed by atoms with Gasteiger partial charge in [0, 0.05) is 0 Å². The van der Waals surface area contributed by atoms with Crippen molar-refractivity contribution in [1.82, 2.24) is 0 Å². The lowest BCUT2D eigenvalue weighted by Crippen LogP contribution is -2.11. The van der Waals surface area contributed by atoms with Crippen molar-refractivity contribution in [2.24, 2.45) is 10.6 Å². The molecular weight excluding hydrogens is 194 g/mol. The van der Waals surface area contributed by atoms with Crippen molar-refractivity contribution in [3.63, 3.8) is 0 Å². The summed E-state index contributed by atoms with van der Waals surface area (Å²) in [4.78, 5) is 0.701. The molecule has 0 saturated heterocycles. The third kappa shape index (κ3) is 1.80. The number of benzene rings is 1. The summed E-state index contributed by atoms with van der Waals surface area (Å²) in [5.41, 5.74) is 1.79. The molecule has 14 heavy (non-hydrogen) atoms. The van der Waals surface area contributed by atoms with Gasteiger partial charge in [-0.15, -0.1) is 5.14 Å². The van der Waals surface area contributed by atoms with E-state index >= 15 is 0 Å². The third-order valence-corrected chi connectivity index (χ3v) is 3.76. The van der Waals surface area contributed by atoms with Crippen LogP contribution in [0, 0.1) is 5.41 Å². The van der Waals surface area contributed by atoms with Crippen LogP contribution in [0.3, 0.4) is 0 Å². The van der Waals surface area contributed by atoms with E-state index in [0.29, 0.717) is 16.2 Å². The van der Waals surface area contributed by atoms with Crippen LogP contribution in [0.25, 0.3) is 0 Å². The molecule has 1 aliphatic carbocycles. The second kappa shape index (κ2) is 3.26. The predicted molar refractivity (Wildman–Crippen MR) is 58.2 cm³/mol. The van der Waals surface area contributed by atoms with Crippen LogP contribution in [-0.2, 0) is 11.4 Å². The average molecular weight is 209 g/mol. The van der Waals surface area contributed by atoms with Crippen LogP contribution in [0.1, 0.15) is 31.7 Å². The zero-order valence-corrected chi connectivity index (χ0v) is 9.30. The highest BCUT2D eigenvalue weighted by molar-refractivity contribution is 7.89. The van der Waals surface area contributed by atoms with E-state index in [2.05, 4.69) is 13.8 Å². The molecule has 0 heterocycles. The van der Waals surface area contributed by atoms with Crippen molar-refractivity contribution in [1.29, 1.82) is 0 Å². The van der Waals surface area contributed by atoms with Crippen molar-refractivity contribution in [3.05, 3.63) is 29.8 Å². The standard InChI is InChI=1S/C11H15NOS/c1-11(2)7-10(11)8-3-5-9(6-4-8)14(12)13/h3-6,10H,7,12H2,1-2H3. The highest BCUT2D eigenvalue weighted by Crippen LogP contribution is 2.58. The molecule has 1 aromatic carbocycles. The first kappa shape index (κ1) is 10.0. The number of rotatable bonds is 2. The molecule has 1 saturated carbocycles. The first-order valence-corrected chi connectivity index (χ1v) is 5.98. The number of hydrogen-bond acceptors (Lipinski definition) is 2. The predicted octanol–water partition coefficient (Wildman–Crippen LogP) is 2.18. The average Bonchev–Trinajstić information content (AvgIpc) is 2.75. The van der Waals surface area contributed by atoms with Crippen LogP contribution in [0.15, 0.2) is 29.2 Å². The van der Waals surface area contributed by atoms with Gasteiger partial charge in [-0.25, -0.2) is 0 Å². The lowest BCUT2D eigenvalue weighted by atomic mass is 10.0. The summed E-state index contributed by atoms with van der Waals surface area (Å²) in [6.07, 6.45) is 1.25. The van der Waals surface area contributed by atoms with E-state index in [-0.39, 0.29) is 0 Å². The van der Waals surface area contributed by atoms with Gasteiger partial charge in [-0.05, 0) is 35.4 Å². The smallest absolute Gasteiger partial charge is 0.173 e. The van der Waals surface area contributed by atoms with Crippen LogP contribution in [0.4, 0.5) is 0 Å². The molecule has 0 radical (unpaired) electrons. The Morgan fingerprint density at radius 2 is 1.86 bits per heavy atom. The molecule has 0 aromatic heterocycles. The molecule has 0 spiro atoms. The van der Waals surface area contributed by atoms with Gasteiger partial charge in [0.2, 0.25) is 0 Å². The molecule has 1 fully saturated rings. The van der Waals surface area contributed by atoms with Crippen molar-refractivity contribution < 1.29 is 4.55 Å². The summed E-state index contributed by atoms with van der Waals surface area (Å²) in [5, 5.41) is 5.28. The van der Waals surface area contributed by atoms with Crippen molar-refractivity contribution in [3.8, 4) is 0 Å². The Labute approximate surface area is 87.8 Å². The van der Waals surface area contributed by atoms with Crippen LogP contribution < -0.4 is 5.14 Å². The van der Waals surface area contributed by atoms with E-state index in [9.17, 15) is 4.55 Å². The topological polar surface area (TPSA) is 49.1 Å². The number of hydrogen-bond donors (Lipinski definition) is 1. The highest BCUT2D eigenvalue weighted by atomic mass is 32.2. The molecule has 2 unspecified atom stereocenters. The highest BCUT2D eigenvalue weighted by Gasteiger charge is 2.46. The maximum absolute atomic E-state index is 11.0. The lowest BCUT2D eigenvalue weighted by Gasteiger charge is -2.05. The fourth-order valence-electron chi connectivity index (χ4n) is 1.87. The van der Waals surface area contributed by atoms with E-state index in [1.807, 2.05) is 24.3 Å². The minimum absolute atomic E-state index is 0.448. The first-order valence-electron chi connectivity index (χ1n) is 4.77. The van der Waals surface area contributed by atoms with Gasteiger partial charge < -0.3 is 4.55 Å².